The number of carbonyl (C=O) groups excluding carboxylic acids is 1. The lowest BCUT2D eigenvalue weighted by Gasteiger charge is -2.30. The van der Waals surface area contributed by atoms with Crippen molar-refractivity contribution in [3.8, 4) is 17.0 Å². The Balaban J connectivity index is 1.56. The van der Waals surface area contributed by atoms with Gasteiger partial charge in [0, 0.05) is 23.7 Å². The Morgan fingerprint density at radius 3 is 2.74 bits per heavy atom. The summed E-state index contributed by atoms with van der Waals surface area (Å²) in [6.07, 6.45) is 3.95. The lowest BCUT2D eigenvalue weighted by atomic mass is 9.95. The van der Waals surface area contributed by atoms with Crippen LogP contribution in [0.25, 0.3) is 16.9 Å². The van der Waals surface area contributed by atoms with Crippen LogP contribution >= 0.6 is 11.6 Å². The minimum absolute atomic E-state index is 0.149. The summed E-state index contributed by atoms with van der Waals surface area (Å²) >= 11 is 6.53. The molecule has 3 aromatic rings. The van der Waals surface area contributed by atoms with Crippen molar-refractivity contribution in [2.45, 2.75) is 51.6 Å². The van der Waals surface area contributed by atoms with Gasteiger partial charge in [-0.3, -0.25) is 0 Å². The van der Waals surface area contributed by atoms with Crippen molar-refractivity contribution in [3.63, 3.8) is 0 Å². The maximum absolute atomic E-state index is 11.3. The lowest BCUT2D eigenvalue weighted by Crippen LogP contribution is -2.41. The van der Waals surface area contributed by atoms with E-state index in [0.717, 1.165) is 22.6 Å². The SMILES string of the molecule is CC(C)CC(C)(COc1ccc(-c2ccnc3cc(C4CC4)nn23)cc1Cl)OC(N)=O. The van der Waals surface area contributed by atoms with E-state index in [0.29, 0.717) is 29.0 Å². The zero-order valence-electron chi connectivity index (χ0n) is 18.0. The van der Waals surface area contributed by atoms with Gasteiger partial charge in [-0.1, -0.05) is 25.4 Å². The number of halogens is 1. The summed E-state index contributed by atoms with van der Waals surface area (Å²) < 4.78 is 13.1. The molecule has 4 rings (SSSR count). The smallest absolute Gasteiger partial charge is 0.405 e. The highest BCUT2D eigenvalue weighted by Crippen LogP contribution is 2.40. The predicted molar refractivity (Wildman–Crippen MR) is 119 cm³/mol. The number of ether oxygens (including phenoxy) is 2. The Morgan fingerprint density at radius 2 is 2.10 bits per heavy atom. The first-order valence-electron chi connectivity index (χ1n) is 10.5. The van der Waals surface area contributed by atoms with E-state index in [9.17, 15) is 4.79 Å². The van der Waals surface area contributed by atoms with Gasteiger partial charge in [0.1, 0.15) is 18.0 Å². The highest BCUT2D eigenvalue weighted by atomic mass is 35.5. The number of carbonyl (C=O) groups is 1. The second-order valence-corrected chi connectivity index (χ2v) is 9.25. The van der Waals surface area contributed by atoms with Gasteiger partial charge in [-0.2, -0.15) is 5.10 Å². The number of nitrogens with two attached hydrogens (primary N) is 1. The van der Waals surface area contributed by atoms with Gasteiger partial charge in [0.25, 0.3) is 0 Å². The molecule has 1 aromatic carbocycles. The molecule has 164 valence electrons. The molecule has 0 radical (unpaired) electrons. The molecule has 0 aliphatic heterocycles. The highest BCUT2D eigenvalue weighted by molar-refractivity contribution is 6.32. The van der Waals surface area contributed by atoms with Gasteiger partial charge in [0.15, 0.2) is 5.65 Å². The number of nitrogens with zero attached hydrogens (tertiary/aromatic N) is 3. The Bertz CT molecular complexity index is 1110. The van der Waals surface area contributed by atoms with Crippen LogP contribution in [-0.2, 0) is 4.74 Å². The fraction of sp³-hybridized carbons (Fsp3) is 0.435. The summed E-state index contributed by atoms with van der Waals surface area (Å²) in [5, 5.41) is 5.21. The minimum atomic E-state index is -0.840. The standard InChI is InChI=1S/C23H27ClN4O3/c1-14(2)12-23(3,31-22(25)29)13-30-20-7-6-16(10-17(20)24)19-8-9-26-21-11-18(15-4-5-15)27-28(19)21/h6-11,14-15H,4-5,12-13H2,1-3H3,(H2,25,29). The fourth-order valence-corrected chi connectivity index (χ4v) is 4.19. The Morgan fingerprint density at radius 1 is 1.32 bits per heavy atom. The van der Waals surface area contributed by atoms with E-state index in [1.807, 2.05) is 49.6 Å². The van der Waals surface area contributed by atoms with Crippen LogP contribution < -0.4 is 10.5 Å². The van der Waals surface area contributed by atoms with Gasteiger partial charge in [0.2, 0.25) is 0 Å². The summed E-state index contributed by atoms with van der Waals surface area (Å²) in [7, 11) is 0. The van der Waals surface area contributed by atoms with Crippen molar-refractivity contribution >= 4 is 23.3 Å². The number of benzene rings is 1. The molecule has 2 N–H and O–H groups in total. The first-order chi connectivity index (χ1) is 14.7. The number of hydrogen-bond acceptors (Lipinski definition) is 5. The zero-order valence-corrected chi connectivity index (χ0v) is 18.7. The van der Waals surface area contributed by atoms with Gasteiger partial charge in [0.05, 0.1) is 16.4 Å². The first-order valence-corrected chi connectivity index (χ1v) is 10.9. The molecule has 0 bridgehead atoms. The molecule has 2 aromatic heterocycles. The van der Waals surface area contributed by atoms with E-state index < -0.39 is 11.7 Å². The summed E-state index contributed by atoms with van der Waals surface area (Å²) in [6.45, 7) is 6.05. The average molecular weight is 443 g/mol. The monoisotopic (exact) mass is 442 g/mol. The fourth-order valence-electron chi connectivity index (χ4n) is 3.95. The molecule has 0 spiro atoms. The number of amides is 1. The van der Waals surface area contributed by atoms with Crippen LogP contribution in [0.15, 0.2) is 36.5 Å². The molecule has 1 aliphatic rings. The second kappa shape index (κ2) is 8.38. The number of hydrogen-bond donors (Lipinski definition) is 1. The average Bonchev–Trinajstić information content (AvgIpc) is 3.44. The summed E-state index contributed by atoms with van der Waals surface area (Å²) in [5.74, 6) is 1.36. The topological polar surface area (TPSA) is 91.7 Å². The van der Waals surface area contributed by atoms with Crippen LogP contribution in [0.5, 0.6) is 5.75 Å². The summed E-state index contributed by atoms with van der Waals surface area (Å²) in [6, 6.07) is 9.56. The molecule has 1 unspecified atom stereocenters. The number of rotatable bonds is 8. The van der Waals surface area contributed by atoms with E-state index in [1.54, 1.807) is 6.20 Å². The molecule has 31 heavy (non-hydrogen) atoms. The number of aromatic nitrogens is 3. The maximum Gasteiger partial charge on any atom is 0.405 e. The van der Waals surface area contributed by atoms with E-state index in [2.05, 4.69) is 11.1 Å². The summed E-state index contributed by atoms with van der Waals surface area (Å²) in [4.78, 5) is 15.8. The van der Waals surface area contributed by atoms with Gasteiger partial charge >= 0.3 is 6.09 Å². The van der Waals surface area contributed by atoms with Crippen LogP contribution in [0.2, 0.25) is 5.02 Å². The van der Waals surface area contributed by atoms with Gasteiger partial charge in [-0.05, 0) is 56.4 Å². The van der Waals surface area contributed by atoms with Crippen molar-refractivity contribution in [2.24, 2.45) is 11.7 Å². The first kappa shape index (κ1) is 21.4. The third-order valence-electron chi connectivity index (χ3n) is 5.32. The Hall–Kier alpha value is -2.80. The molecular formula is C23H27ClN4O3. The second-order valence-electron chi connectivity index (χ2n) is 8.85. The summed E-state index contributed by atoms with van der Waals surface area (Å²) in [5.41, 5.74) is 8.14. The van der Waals surface area contributed by atoms with Crippen molar-refractivity contribution in [2.75, 3.05) is 6.61 Å². The molecule has 2 heterocycles. The third kappa shape index (κ3) is 4.93. The molecule has 8 heteroatoms. The predicted octanol–water partition coefficient (Wildman–Crippen LogP) is 5.21. The zero-order chi connectivity index (χ0) is 22.2. The van der Waals surface area contributed by atoms with Crippen LogP contribution in [0, 0.1) is 5.92 Å². The third-order valence-corrected chi connectivity index (χ3v) is 5.62. The quantitative estimate of drug-likeness (QED) is 0.517. The van der Waals surface area contributed by atoms with Crippen molar-refractivity contribution in [1.29, 1.82) is 0 Å². The van der Waals surface area contributed by atoms with Gasteiger partial charge in [-0.25, -0.2) is 14.3 Å². The molecule has 1 fully saturated rings. The van der Waals surface area contributed by atoms with E-state index in [1.165, 1.54) is 12.8 Å². The van der Waals surface area contributed by atoms with Gasteiger partial charge < -0.3 is 15.2 Å². The lowest BCUT2D eigenvalue weighted by molar-refractivity contribution is -0.0185. The molecular weight excluding hydrogens is 416 g/mol. The minimum Gasteiger partial charge on any atom is -0.488 e. The normalized spacial score (nSPS) is 15.8. The molecule has 0 saturated heterocycles. The molecule has 7 nitrogen and oxygen atoms in total. The molecule has 1 atom stereocenters. The molecule has 1 aliphatic carbocycles. The molecule has 1 saturated carbocycles. The van der Waals surface area contributed by atoms with E-state index in [4.69, 9.17) is 31.9 Å². The number of fused-ring (bicyclic) bond motifs is 1. The van der Waals surface area contributed by atoms with Crippen molar-refractivity contribution in [1.82, 2.24) is 14.6 Å². The van der Waals surface area contributed by atoms with Crippen molar-refractivity contribution in [3.05, 3.63) is 47.2 Å². The largest absolute Gasteiger partial charge is 0.488 e. The van der Waals surface area contributed by atoms with E-state index in [-0.39, 0.29) is 6.61 Å². The van der Waals surface area contributed by atoms with Crippen LogP contribution in [-0.4, -0.2) is 32.9 Å². The van der Waals surface area contributed by atoms with Gasteiger partial charge in [-0.15, -0.1) is 0 Å². The Labute approximate surface area is 186 Å². The maximum atomic E-state index is 11.3. The highest BCUT2D eigenvalue weighted by Gasteiger charge is 2.31. The molecule has 1 amide bonds. The Kier molecular flexibility index (Phi) is 5.79. The van der Waals surface area contributed by atoms with Crippen LogP contribution in [0.3, 0.4) is 0 Å². The van der Waals surface area contributed by atoms with Crippen LogP contribution in [0.1, 0.15) is 51.6 Å². The van der Waals surface area contributed by atoms with Crippen LogP contribution in [0.4, 0.5) is 4.79 Å². The van der Waals surface area contributed by atoms with Crippen molar-refractivity contribution < 1.29 is 14.3 Å². The van der Waals surface area contributed by atoms with E-state index >= 15 is 0 Å². The number of primary amides is 1.